The zero-order chi connectivity index (χ0) is 21.2. The number of nitrogens with one attached hydrogen (secondary N) is 1. The molecule has 0 radical (unpaired) electrons. The van der Waals surface area contributed by atoms with E-state index in [0.29, 0.717) is 17.7 Å². The van der Waals surface area contributed by atoms with E-state index in [1.54, 1.807) is 30.3 Å². The number of nitro benzene ring substituents is 1. The van der Waals surface area contributed by atoms with Gasteiger partial charge < -0.3 is 14.8 Å². The lowest BCUT2D eigenvalue weighted by molar-refractivity contribution is -0.383. The molecule has 0 atom stereocenters. The number of para-hydroxylation sites is 2. The highest BCUT2D eigenvalue weighted by atomic mass is 16.6. The standard InChI is InChI=1S/C20H20N2O7/c1-14(23)15-8-10-16(11-9-15)28-12-4-7-20(25)29-13-19(24)21-17-5-2-3-6-18(17)22(26)27/h2-3,5-6,8-11H,4,7,12-13H2,1H3,(H,21,24). The van der Waals surface area contributed by atoms with Crippen molar-refractivity contribution in [1.29, 1.82) is 0 Å². The molecule has 0 aliphatic heterocycles. The Morgan fingerprint density at radius 2 is 1.76 bits per heavy atom. The van der Waals surface area contributed by atoms with E-state index in [9.17, 15) is 24.5 Å². The maximum atomic E-state index is 11.8. The fourth-order valence-electron chi connectivity index (χ4n) is 2.34. The van der Waals surface area contributed by atoms with Crippen molar-refractivity contribution in [1.82, 2.24) is 0 Å². The van der Waals surface area contributed by atoms with Gasteiger partial charge in [0.25, 0.3) is 11.6 Å². The Bertz CT molecular complexity index is 894. The molecule has 0 aliphatic carbocycles. The van der Waals surface area contributed by atoms with Gasteiger partial charge in [-0.2, -0.15) is 0 Å². The minimum Gasteiger partial charge on any atom is -0.494 e. The first-order chi connectivity index (χ1) is 13.9. The number of anilines is 1. The summed E-state index contributed by atoms with van der Waals surface area (Å²) in [5, 5.41) is 13.2. The van der Waals surface area contributed by atoms with Crippen molar-refractivity contribution >= 4 is 29.0 Å². The van der Waals surface area contributed by atoms with E-state index in [1.165, 1.54) is 25.1 Å². The van der Waals surface area contributed by atoms with Crippen LogP contribution in [0.3, 0.4) is 0 Å². The van der Waals surface area contributed by atoms with Crippen LogP contribution in [0.1, 0.15) is 30.1 Å². The van der Waals surface area contributed by atoms with Gasteiger partial charge in [-0.1, -0.05) is 12.1 Å². The van der Waals surface area contributed by atoms with Crippen LogP contribution in [0.5, 0.6) is 5.75 Å². The molecule has 0 unspecified atom stereocenters. The molecule has 0 aliphatic rings. The first-order valence-electron chi connectivity index (χ1n) is 8.79. The van der Waals surface area contributed by atoms with Gasteiger partial charge in [-0.3, -0.25) is 24.5 Å². The maximum Gasteiger partial charge on any atom is 0.306 e. The number of Topliss-reactive ketones (excluding diaryl/α,β-unsaturated/α-hetero) is 1. The molecule has 0 fully saturated rings. The smallest absolute Gasteiger partial charge is 0.306 e. The summed E-state index contributed by atoms with van der Waals surface area (Å²) in [6.45, 7) is 1.19. The predicted octanol–water partition coefficient (Wildman–Crippen LogP) is 3.14. The van der Waals surface area contributed by atoms with Crippen molar-refractivity contribution < 1.29 is 28.8 Å². The third kappa shape index (κ3) is 7.06. The molecule has 1 amide bonds. The zero-order valence-corrected chi connectivity index (χ0v) is 15.8. The quantitative estimate of drug-likeness (QED) is 0.213. The lowest BCUT2D eigenvalue weighted by Crippen LogP contribution is -2.21. The highest BCUT2D eigenvalue weighted by Crippen LogP contribution is 2.22. The van der Waals surface area contributed by atoms with Gasteiger partial charge in [0, 0.05) is 18.1 Å². The van der Waals surface area contributed by atoms with E-state index in [0.717, 1.165) is 0 Å². The van der Waals surface area contributed by atoms with Crippen molar-refractivity contribution in [3.63, 3.8) is 0 Å². The van der Waals surface area contributed by atoms with Gasteiger partial charge in [0.15, 0.2) is 12.4 Å². The Labute approximate surface area is 166 Å². The molecule has 0 bridgehead atoms. The lowest BCUT2D eigenvalue weighted by atomic mass is 10.1. The summed E-state index contributed by atoms with van der Waals surface area (Å²) >= 11 is 0. The van der Waals surface area contributed by atoms with Gasteiger partial charge in [0.05, 0.1) is 11.5 Å². The highest BCUT2D eigenvalue weighted by Gasteiger charge is 2.15. The van der Waals surface area contributed by atoms with Crippen molar-refractivity contribution in [2.45, 2.75) is 19.8 Å². The number of hydrogen-bond donors (Lipinski definition) is 1. The molecule has 9 nitrogen and oxygen atoms in total. The molecule has 0 saturated carbocycles. The Kier molecular flexibility index (Phi) is 7.84. The monoisotopic (exact) mass is 400 g/mol. The van der Waals surface area contributed by atoms with Gasteiger partial charge in [0.1, 0.15) is 11.4 Å². The Morgan fingerprint density at radius 1 is 1.07 bits per heavy atom. The summed E-state index contributed by atoms with van der Waals surface area (Å²) in [7, 11) is 0. The SMILES string of the molecule is CC(=O)c1ccc(OCCCC(=O)OCC(=O)Nc2ccccc2[N+](=O)[O-])cc1. The van der Waals surface area contributed by atoms with Crippen molar-refractivity contribution in [3.8, 4) is 5.75 Å². The second kappa shape index (κ2) is 10.5. The molecule has 152 valence electrons. The van der Waals surface area contributed by atoms with Crippen molar-refractivity contribution in [2.24, 2.45) is 0 Å². The van der Waals surface area contributed by atoms with Crippen LogP contribution >= 0.6 is 0 Å². The van der Waals surface area contributed by atoms with Crippen molar-refractivity contribution in [2.75, 3.05) is 18.5 Å². The van der Waals surface area contributed by atoms with Gasteiger partial charge in [-0.25, -0.2) is 0 Å². The van der Waals surface area contributed by atoms with Crippen LogP contribution in [-0.2, 0) is 14.3 Å². The summed E-state index contributed by atoms with van der Waals surface area (Å²) in [4.78, 5) is 45.0. The van der Waals surface area contributed by atoms with Gasteiger partial charge in [0.2, 0.25) is 0 Å². The normalized spacial score (nSPS) is 10.1. The highest BCUT2D eigenvalue weighted by molar-refractivity contribution is 5.95. The number of rotatable bonds is 10. The Hall–Kier alpha value is -3.75. The molecular formula is C20H20N2O7. The summed E-state index contributed by atoms with van der Waals surface area (Å²) in [6.07, 6.45) is 0.420. The van der Waals surface area contributed by atoms with Crippen LogP contribution in [-0.4, -0.2) is 35.8 Å². The van der Waals surface area contributed by atoms with Crippen LogP contribution < -0.4 is 10.1 Å². The van der Waals surface area contributed by atoms with Crippen LogP contribution in [0.25, 0.3) is 0 Å². The van der Waals surface area contributed by atoms with E-state index in [4.69, 9.17) is 9.47 Å². The fraction of sp³-hybridized carbons (Fsp3) is 0.250. The van der Waals surface area contributed by atoms with E-state index >= 15 is 0 Å². The summed E-state index contributed by atoms with van der Waals surface area (Å²) in [5.74, 6) is -0.717. The van der Waals surface area contributed by atoms with Gasteiger partial charge >= 0.3 is 5.97 Å². The maximum absolute atomic E-state index is 11.8. The Balaban J connectivity index is 1.67. The minimum atomic E-state index is -0.672. The zero-order valence-electron chi connectivity index (χ0n) is 15.8. The number of carbonyl (C=O) groups excluding carboxylic acids is 3. The summed E-state index contributed by atoms with van der Waals surface area (Å²) in [5.41, 5.74) is 0.364. The molecule has 0 spiro atoms. The topological polar surface area (TPSA) is 125 Å². The van der Waals surface area contributed by atoms with E-state index in [2.05, 4.69) is 5.32 Å². The second-order valence-electron chi connectivity index (χ2n) is 6.02. The molecule has 1 N–H and O–H groups in total. The first-order valence-corrected chi connectivity index (χ1v) is 8.79. The van der Waals surface area contributed by atoms with Crippen LogP contribution in [0.2, 0.25) is 0 Å². The molecule has 0 saturated heterocycles. The van der Waals surface area contributed by atoms with E-state index in [1.807, 2.05) is 0 Å². The number of hydrogen-bond acceptors (Lipinski definition) is 7. The molecule has 2 aromatic carbocycles. The average Bonchev–Trinajstić information content (AvgIpc) is 2.70. The number of amides is 1. The third-order valence-electron chi connectivity index (χ3n) is 3.79. The number of ether oxygens (including phenoxy) is 2. The Morgan fingerprint density at radius 3 is 2.41 bits per heavy atom. The summed E-state index contributed by atoms with van der Waals surface area (Å²) < 4.78 is 10.3. The molecule has 29 heavy (non-hydrogen) atoms. The fourth-order valence-corrected chi connectivity index (χ4v) is 2.34. The van der Waals surface area contributed by atoms with E-state index < -0.39 is 23.4 Å². The molecule has 0 heterocycles. The van der Waals surface area contributed by atoms with Crippen LogP contribution in [0, 0.1) is 10.1 Å². The number of nitrogens with zero attached hydrogens (tertiary/aromatic N) is 1. The van der Waals surface area contributed by atoms with Gasteiger partial charge in [-0.05, 0) is 43.7 Å². The number of ketones is 1. The lowest BCUT2D eigenvalue weighted by Gasteiger charge is -2.08. The number of esters is 1. The number of carbonyl (C=O) groups is 3. The third-order valence-corrected chi connectivity index (χ3v) is 3.79. The van der Waals surface area contributed by atoms with Gasteiger partial charge in [-0.15, -0.1) is 0 Å². The molecule has 2 aromatic rings. The minimum absolute atomic E-state index is 0.0303. The first kappa shape index (κ1) is 21.5. The van der Waals surface area contributed by atoms with Crippen LogP contribution in [0.15, 0.2) is 48.5 Å². The predicted molar refractivity (Wildman–Crippen MR) is 104 cm³/mol. The molecule has 9 heteroatoms. The van der Waals surface area contributed by atoms with E-state index in [-0.39, 0.29) is 30.2 Å². The molecule has 0 aromatic heterocycles. The molecule has 2 rings (SSSR count). The molecular weight excluding hydrogens is 380 g/mol. The summed E-state index contributed by atoms with van der Waals surface area (Å²) in [6, 6.07) is 12.3. The second-order valence-corrected chi connectivity index (χ2v) is 6.02. The number of benzene rings is 2. The average molecular weight is 400 g/mol. The van der Waals surface area contributed by atoms with Crippen LogP contribution in [0.4, 0.5) is 11.4 Å². The largest absolute Gasteiger partial charge is 0.494 e. The number of nitro groups is 1. The van der Waals surface area contributed by atoms with Crippen molar-refractivity contribution in [3.05, 3.63) is 64.2 Å².